The molecule has 2 fully saturated rings. The third-order valence-corrected chi connectivity index (χ3v) is 7.51. The smallest absolute Gasteiger partial charge is 0.227 e. The summed E-state index contributed by atoms with van der Waals surface area (Å²) in [6.45, 7) is 4.20. The summed E-state index contributed by atoms with van der Waals surface area (Å²) >= 11 is 0. The minimum Gasteiger partial charge on any atom is -0.369 e. The minimum absolute atomic E-state index is 0.297. The molecule has 0 amide bonds. The molecule has 1 aliphatic heterocycles. The number of nitrogens with two attached hydrogens (primary N) is 1. The third-order valence-electron chi connectivity index (χ3n) is 7.51. The van der Waals surface area contributed by atoms with E-state index in [0.717, 1.165) is 74.4 Å². The molecule has 0 atom stereocenters. The Morgan fingerprint density at radius 1 is 0.865 bits per heavy atom. The fourth-order valence-electron chi connectivity index (χ4n) is 5.26. The fourth-order valence-corrected chi connectivity index (χ4v) is 5.26. The van der Waals surface area contributed by atoms with E-state index in [4.69, 9.17) is 20.7 Å². The lowest BCUT2D eigenvalue weighted by Crippen LogP contribution is -2.44. The van der Waals surface area contributed by atoms with Crippen LogP contribution in [0, 0.1) is 0 Å². The second-order valence-corrected chi connectivity index (χ2v) is 10.2. The quantitative estimate of drug-likeness (QED) is 0.368. The van der Waals surface area contributed by atoms with Gasteiger partial charge < -0.3 is 26.2 Å². The van der Waals surface area contributed by atoms with Crippen LogP contribution < -0.4 is 21.3 Å². The van der Waals surface area contributed by atoms with Gasteiger partial charge in [0.15, 0.2) is 17.0 Å². The molecule has 1 saturated carbocycles. The maximum atomic E-state index is 6.13. The molecule has 2 aliphatic rings. The molecule has 3 heterocycles. The highest BCUT2D eigenvalue weighted by molar-refractivity contribution is 5.88. The number of para-hydroxylation sites is 1. The number of benzene rings is 2. The predicted octanol–water partition coefficient (Wildman–Crippen LogP) is 3.99. The SMILES string of the molecule is CN1CCN(c2cccc(Nc3nc(NC4CCC(N)CC4)nc4c3ncn4-c3ccccc3)c2)CC1. The number of fused-ring (bicyclic) bond motifs is 1. The van der Waals surface area contributed by atoms with E-state index in [9.17, 15) is 0 Å². The van der Waals surface area contributed by atoms with Crippen molar-refractivity contribution in [1.29, 1.82) is 0 Å². The molecule has 0 unspecified atom stereocenters. The van der Waals surface area contributed by atoms with Crippen molar-refractivity contribution in [2.24, 2.45) is 5.73 Å². The molecule has 192 valence electrons. The molecule has 0 bridgehead atoms. The van der Waals surface area contributed by atoms with E-state index in [1.165, 1.54) is 5.69 Å². The standard InChI is InChI=1S/C28H35N9/c1-35-14-16-36(17-15-35)24-9-5-6-22(18-24)31-26-25-27(37(19-30-25)23-7-3-2-4-8-23)34-28(33-26)32-21-12-10-20(29)11-13-21/h2-9,18-21H,10-17,29H2,1H3,(H2,31,32,33,34). The van der Waals surface area contributed by atoms with Gasteiger partial charge in [0.2, 0.25) is 5.95 Å². The van der Waals surface area contributed by atoms with Crippen LogP contribution in [-0.2, 0) is 0 Å². The first-order valence-electron chi connectivity index (χ1n) is 13.3. The van der Waals surface area contributed by atoms with Crippen LogP contribution >= 0.6 is 0 Å². The highest BCUT2D eigenvalue weighted by Gasteiger charge is 2.21. The number of imidazole rings is 1. The van der Waals surface area contributed by atoms with Gasteiger partial charge in [-0.25, -0.2) is 4.98 Å². The van der Waals surface area contributed by atoms with E-state index in [-0.39, 0.29) is 0 Å². The zero-order valence-electron chi connectivity index (χ0n) is 21.3. The number of piperazine rings is 1. The van der Waals surface area contributed by atoms with Crippen LogP contribution in [0.5, 0.6) is 0 Å². The first kappa shape index (κ1) is 23.7. The highest BCUT2D eigenvalue weighted by Crippen LogP contribution is 2.29. The Labute approximate surface area is 217 Å². The Morgan fingerprint density at radius 2 is 1.62 bits per heavy atom. The third kappa shape index (κ3) is 5.23. The zero-order valence-corrected chi connectivity index (χ0v) is 21.3. The summed E-state index contributed by atoms with van der Waals surface area (Å²) < 4.78 is 2.02. The van der Waals surface area contributed by atoms with Crippen LogP contribution in [0.25, 0.3) is 16.9 Å². The maximum absolute atomic E-state index is 6.13. The summed E-state index contributed by atoms with van der Waals surface area (Å²) in [5, 5.41) is 7.14. The lowest BCUT2D eigenvalue weighted by atomic mass is 9.92. The number of hydrogen-bond acceptors (Lipinski definition) is 8. The van der Waals surface area contributed by atoms with Gasteiger partial charge in [0.1, 0.15) is 6.33 Å². The second kappa shape index (κ2) is 10.4. The summed E-state index contributed by atoms with van der Waals surface area (Å²) in [4.78, 5) is 19.4. The number of aromatic nitrogens is 4. The molecular weight excluding hydrogens is 462 g/mol. The van der Waals surface area contributed by atoms with Gasteiger partial charge >= 0.3 is 0 Å². The fraction of sp³-hybridized carbons (Fsp3) is 0.393. The van der Waals surface area contributed by atoms with Crippen molar-refractivity contribution in [2.45, 2.75) is 37.8 Å². The molecule has 2 aromatic carbocycles. The summed E-state index contributed by atoms with van der Waals surface area (Å²) in [7, 11) is 2.18. The molecule has 2 aromatic heterocycles. The molecule has 9 nitrogen and oxygen atoms in total. The summed E-state index contributed by atoms with van der Waals surface area (Å²) in [5.74, 6) is 1.31. The average molecular weight is 498 g/mol. The van der Waals surface area contributed by atoms with Crippen molar-refractivity contribution in [2.75, 3.05) is 48.8 Å². The van der Waals surface area contributed by atoms with E-state index in [2.05, 4.69) is 63.9 Å². The zero-order chi connectivity index (χ0) is 25.2. The predicted molar refractivity (Wildman–Crippen MR) is 150 cm³/mol. The van der Waals surface area contributed by atoms with E-state index >= 15 is 0 Å². The van der Waals surface area contributed by atoms with E-state index in [0.29, 0.717) is 23.8 Å². The van der Waals surface area contributed by atoms with Gasteiger partial charge in [-0.1, -0.05) is 24.3 Å². The summed E-state index contributed by atoms with van der Waals surface area (Å²) in [5.41, 5.74) is 10.9. The Morgan fingerprint density at radius 3 is 2.41 bits per heavy atom. The van der Waals surface area contributed by atoms with Gasteiger partial charge in [0.05, 0.1) is 0 Å². The molecule has 1 aliphatic carbocycles. The summed E-state index contributed by atoms with van der Waals surface area (Å²) in [6, 6.07) is 19.4. The van der Waals surface area contributed by atoms with Crippen molar-refractivity contribution in [3.63, 3.8) is 0 Å². The molecule has 0 radical (unpaired) electrons. The molecule has 4 N–H and O–H groups in total. The Bertz CT molecular complexity index is 1340. The Balaban J connectivity index is 1.34. The molecule has 9 heteroatoms. The lowest BCUT2D eigenvalue weighted by molar-refractivity contribution is 0.313. The van der Waals surface area contributed by atoms with Crippen molar-refractivity contribution in [3.8, 4) is 5.69 Å². The molecule has 0 spiro atoms. The topological polar surface area (TPSA) is 100 Å². The normalized spacial score (nSPS) is 20.8. The van der Waals surface area contributed by atoms with Crippen LogP contribution in [0.2, 0.25) is 0 Å². The molecule has 37 heavy (non-hydrogen) atoms. The number of nitrogens with one attached hydrogen (secondary N) is 2. The van der Waals surface area contributed by atoms with Crippen molar-refractivity contribution in [3.05, 3.63) is 60.9 Å². The second-order valence-electron chi connectivity index (χ2n) is 10.2. The van der Waals surface area contributed by atoms with Crippen molar-refractivity contribution >= 4 is 34.3 Å². The first-order chi connectivity index (χ1) is 18.1. The lowest BCUT2D eigenvalue weighted by Gasteiger charge is -2.34. The van der Waals surface area contributed by atoms with Crippen LogP contribution in [0.3, 0.4) is 0 Å². The van der Waals surface area contributed by atoms with Crippen LogP contribution in [-0.4, -0.2) is 69.7 Å². The average Bonchev–Trinajstić information content (AvgIpc) is 3.35. The molecular formula is C28H35N9. The van der Waals surface area contributed by atoms with Crippen molar-refractivity contribution < 1.29 is 0 Å². The number of hydrogen-bond donors (Lipinski definition) is 3. The number of likely N-dealkylation sites (N-methyl/N-ethyl adjacent to an activating group) is 1. The van der Waals surface area contributed by atoms with Crippen LogP contribution in [0.15, 0.2) is 60.9 Å². The van der Waals surface area contributed by atoms with E-state index in [1.807, 2.05) is 29.1 Å². The van der Waals surface area contributed by atoms with Gasteiger partial charge in [-0.15, -0.1) is 0 Å². The van der Waals surface area contributed by atoms with Gasteiger partial charge in [-0.3, -0.25) is 4.57 Å². The number of rotatable bonds is 6. The van der Waals surface area contributed by atoms with E-state index in [1.54, 1.807) is 0 Å². The van der Waals surface area contributed by atoms with Gasteiger partial charge in [0, 0.05) is 55.3 Å². The monoisotopic (exact) mass is 497 g/mol. The number of nitrogens with zero attached hydrogens (tertiary/aromatic N) is 6. The van der Waals surface area contributed by atoms with E-state index < -0.39 is 0 Å². The summed E-state index contributed by atoms with van der Waals surface area (Å²) in [6.07, 6.45) is 5.91. The highest BCUT2D eigenvalue weighted by atomic mass is 15.3. The van der Waals surface area contributed by atoms with Gasteiger partial charge in [-0.05, 0) is 63.1 Å². The van der Waals surface area contributed by atoms with Crippen LogP contribution in [0.4, 0.5) is 23.1 Å². The Hall–Kier alpha value is -3.69. The minimum atomic E-state index is 0.297. The molecule has 4 aromatic rings. The largest absolute Gasteiger partial charge is 0.369 e. The van der Waals surface area contributed by atoms with Gasteiger partial charge in [-0.2, -0.15) is 9.97 Å². The maximum Gasteiger partial charge on any atom is 0.227 e. The van der Waals surface area contributed by atoms with Gasteiger partial charge in [0.25, 0.3) is 0 Å². The molecule has 6 rings (SSSR count). The number of anilines is 4. The molecule has 1 saturated heterocycles. The van der Waals surface area contributed by atoms with Crippen LogP contribution in [0.1, 0.15) is 25.7 Å². The first-order valence-corrected chi connectivity index (χ1v) is 13.3. The Kier molecular flexibility index (Phi) is 6.63. The van der Waals surface area contributed by atoms with Crippen molar-refractivity contribution in [1.82, 2.24) is 24.4 Å².